The average Bonchev–Trinajstić information content (AvgIpc) is 3.43. The van der Waals surface area contributed by atoms with Crippen LogP contribution >= 0.6 is 36.4 Å². The molecule has 1 heterocycles. The van der Waals surface area contributed by atoms with Crippen LogP contribution in [0.15, 0.2) is 30.5 Å². The highest BCUT2D eigenvalue weighted by atomic mass is 35.5. The molecule has 1 aliphatic carbocycles. The number of carbonyl (C=O) groups excluding carboxylic acids is 2. The number of rotatable bonds is 6. The van der Waals surface area contributed by atoms with Crippen molar-refractivity contribution < 1.29 is 27.2 Å². The van der Waals surface area contributed by atoms with Gasteiger partial charge < -0.3 is 16.4 Å². The van der Waals surface area contributed by atoms with E-state index >= 15 is 0 Å². The van der Waals surface area contributed by atoms with E-state index in [9.17, 15) is 27.2 Å². The maximum Gasteiger partial charge on any atom is 0.418 e. The first-order valence-electron chi connectivity index (χ1n) is 8.39. The van der Waals surface area contributed by atoms with Gasteiger partial charge in [0.25, 0.3) is 0 Å². The van der Waals surface area contributed by atoms with Crippen molar-refractivity contribution in [2.75, 3.05) is 5.32 Å². The maximum absolute atomic E-state index is 13.2. The first-order valence-corrected chi connectivity index (χ1v) is 8.77. The lowest BCUT2D eigenvalue weighted by Crippen LogP contribution is -2.40. The van der Waals surface area contributed by atoms with E-state index in [-0.39, 0.29) is 53.5 Å². The fourth-order valence-corrected chi connectivity index (χ4v) is 2.96. The number of nitrogens with one attached hydrogen (secondary N) is 2. The van der Waals surface area contributed by atoms with Crippen molar-refractivity contribution in [1.82, 2.24) is 10.3 Å². The van der Waals surface area contributed by atoms with Crippen LogP contribution in [0.1, 0.15) is 24.1 Å². The largest absolute Gasteiger partial charge is 0.418 e. The molecule has 0 aliphatic heterocycles. The molecule has 2 aromatic rings. The Hall–Kier alpha value is -2.30. The minimum Gasteiger partial charge on any atom is -0.369 e. The second-order valence-electron chi connectivity index (χ2n) is 6.59. The monoisotopic (exact) mass is 502 g/mol. The van der Waals surface area contributed by atoms with E-state index in [1.54, 1.807) is 0 Å². The molecule has 170 valence electrons. The molecule has 0 saturated heterocycles. The lowest BCUT2D eigenvalue weighted by atomic mass is 10.1. The van der Waals surface area contributed by atoms with Gasteiger partial charge in [-0.3, -0.25) is 14.6 Å². The molecule has 0 radical (unpaired) electrons. The molecule has 1 saturated carbocycles. The molecular formula is C18H17Cl3F4N4O2. The van der Waals surface area contributed by atoms with E-state index in [0.717, 1.165) is 12.1 Å². The zero-order valence-corrected chi connectivity index (χ0v) is 17.9. The second kappa shape index (κ2) is 9.88. The number of pyridine rings is 1. The number of carbonyl (C=O) groups is 2. The van der Waals surface area contributed by atoms with Crippen molar-refractivity contribution in [1.29, 1.82) is 0 Å². The van der Waals surface area contributed by atoms with Gasteiger partial charge >= 0.3 is 6.18 Å². The van der Waals surface area contributed by atoms with Crippen molar-refractivity contribution in [2.45, 2.75) is 25.6 Å². The Morgan fingerprint density at radius 1 is 1.19 bits per heavy atom. The number of amides is 2. The molecule has 3 rings (SSSR count). The van der Waals surface area contributed by atoms with Crippen LogP contribution in [0.4, 0.5) is 28.9 Å². The van der Waals surface area contributed by atoms with E-state index in [1.165, 1.54) is 12.3 Å². The summed E-state index contributed by atoms with van der Waals surface area (Å²) in [5, 5.41) is 5.12. The third-order valence-electron chi connectivity index (χ3n) is 4.56. The number of nitrogens with two attached hydrogens (primary N) is 1. The van der Waals surface area contributed by atoms with E-state index in [0.29, 0.717) is 18.9 Å². The van der Waals surface area contributed by atoms with Crippen molar-refractivity contribution in [3.63, 3.8) is 0 Å². The predicted octanol–water partition coefficient (Wildman–Crippen LogP) is 4.36. The minimum atomic E-state index is -4.76. The highest BCUT2D eigenvalue weighted by Gasteiger charge is 2.55. The van der Waals surface area contributed by atoms with Gasteiger partial charge in [0.15, 0.2) is 0 Å². The van der Waals surface area contributed by atoms with Crippen LogP contribution in [0.5, 0.6) is 0 Å². The summed E-state index contributed by atoms with van der Waals surface area (Å²) in [5.41, 5.74) is 2.88. The van der Waals surface area contributed by atoms with Crippen LogP contribution in [0.25, 0.3) is 0 Å². The summed E-state index contributed by atoms with van der Waals surface area (Å²) in [4.78, 5) is 27.5. The first kappa shape index (κ1) is 26.7. The topological polar surface area (TPSA) is 97.1 Å². The number of benzene rings is 1. The fraction of sp³-hybridized carbons (Fsp3) is 0.278. The lowest BCUT2D eigenvalue weighted by Gasteiger charge is -2.15. The van der Waals surface area contributed by atoms with Gasteiger partial charge in [-0.25, -0.2) is 4.39 Å². The zero-order valence-electron chi connectivity index (χ0n) is 15.6. The Kier molecular flexibility index (Phi) is 8.52. The minimum absolute atomic E-state index is 0. The summed E-state index contributed by atoms with van der Waals surface area (Å²) in [5.74, 6) is -2.24. The molecule has 1 aromatic carbocycles. The van der Waals surface area contributed by atoms with E-state index < -0.39 is 34.8 Å². The van der Waals surface area contributed by atoms with Gasteiger partial charge in [0.05, 0.1) is 40.4 Å². The molecule has 4 N–H and O–H groups in total. The highest BCUT2D eigenvalue weighted by molar-refractivity contribution is 6.31. The molecule has 13 heteroatoms. The van der Waals surface area contributed by atoms with Crippen LogP contribution in [0.3, 0.4) is 0 Å². The number of hydrogen-bond acceptors (Lipinski definition) is 4. The maximum atomic E-state index is 13.2. The second-order valence-corrected chi connectivity index (χ2v) is 7.00. The number of primary amides is 1. The van der Waals surface area contributed by atoms with Crippen LogP contribution in [-0.2, 0) is 22.3 Å². The average molecular weight is 504 g/mol. The zero-order chi connectivity index (χ0) is 21.4. The summed E-state index contributed by atoms with van der Waals surface area (Å²) in [6.45, 7) is -0.0860. The molecule has 0 spiro atoms. The van der Waals surface area contributed by atoms with Gasteiger partial charge in [-0.15, -0.1) is 24.8 Å². The molecule has 0 bridgehead atoms. The molecule has 1 aromatic heterocycles. The van der Waals surface area contributed by atoms with Crippen LogP contribution in [0.2, 0.25) is 5.02 Å². The number of nitrogens with zero attached hydrogens (tertiary/aromatic N) is 1. The van der Waals surface area contributed by atoms with Crippen LogP contribution in [0, 0.1) is 11.2 Å². The molecule has 0 unspecified atom stereocenters. The molecular weight excluding hydrogens is 487 g/mol. The number of hydrogen-bond donors (Lipinski definition) is 3. The summed E-state index contributed by atoms with van der Waals surface area (Å²) < 4.78 is 52.5. The van der Waals surface area contributed by atoms with E-state index in [1.807, 2.05) is 0 Å². The van der Waals surface area contributed by atoms with Gasteiger partial charge in [-0.05, 0) is 37.1 Å². The summed E-state index contributed by atoms with van der Waals surface area (Å²) in [6, 6.07) is 3.55. The Labute approximate surface area is 191 Å². The highest BCUT2D eigenvalue weighted by Crippen LogP contribution is 2.45. The van der Waals surface area contributed by atoms with Gasteiger partial charge in [0, 0.05) is 0 Å². The molecule has 0 atom stereocenters. The Bertz CT molecular complexity index is 985. The van der Waals surface area contributed by atoms with E-state index in [4.69, 9.17) is 17.3 Å². The third kappa shape index (κ3) is 5.90. The van der Waals surface area contributed by atoms with Crippen LogP contribution < -0.4 is 16.4 Å². The van der Waals surface area contributed by atoms with Gasteiger partial charge in [-0.2, -0.15) is 13.2 Å². The van der Waals surface area contributed by atoms with Crippen molar-refractivity contribution >= 4 is 59.6 Å². The van der Waals surface area contributed by atoms with Crippen molar-refractivity contribution in [2.24, 2.45) is 11.1 Å². The van der Waals surface area contributed by atoms with Crippen LogP contribution in [-0.4, -0.2) is 16.8 Å². The van der Waals surface area contributed by atoms with E-state index in [2.05, 4.69) is 15.6 Å². The van der Waals surface area contributed by atoms with Crippen molar-refractivity contribution in [3.8, 4) is 0 Å². The Balaban J connectivity index is 0.00000240. The van der Waals surface area contributed by atoms with Gasteiger partial charge in [-0.1, -0.05) is 11.6 Å². The first-order chi connectivity index (χ1) is 13.5. The molecule has 2 amide bonds. The van der Waals surface area contributed by atoms with Gasteiger partial charge in [0.1, 0.15) is 11.2 Å². The fourth-order valence-electron chi connectivity index (χ4n) is 2.72. The Morgan fingerprint density at radius 2 is 1.84 bits per heavy atom. The molecule has 1 fully saturated rings. The van der Waals surface area contributed by atoms with Gasteiger partial charge in [0.2, 0.25) is 11.8 Å². The molecule has 6 nitrogen and oxygen atoms in total. The molecule has 1 aliphatic rings. The summed E-state index contributed by atoms with van der Waals surface area (Å²) in [6.07, 6.45) is -2.79. The van der Waals surface area contributed by atoms with Crippen molar-refractivity contribution in [3.05, 3.63) is 52.6 Å². The number of alkyl halides is 3. The molecule has 31 heavy (non-hydrogen) atoms. The SMILES string of the molecule is Cl.Cl.NC(=O)C1(C(=O)NCc2ncc(Nc3ccc(F)cc3C(F)(F)F)cc2Cl)CC1. The predicted molar refractivity (Wildman–Crippen MR) is 111 cm³/mol. The quantitative estimate of drug-likeness (QED) is 0.403. The normalized spacial score (nSPS) is 14.0. The standard InChI is InChI=1S/C18H15ClF4N4O2.2ClH/c19-12-6-10(27-13-2-1-9(20)5-11(13)18(21,22)23)7-25-14(12)8-26-16(29)17(3-4-17)15(24)28;;/h1-2,5-7,27H,3-4,8H2,(H2,24,28)(H,26,29);2*1H. The summed E-state index contributed by atoms with van der Waals surface area (Å²) in [7, 11) is 0. The smallest absolute Gasteiger partial charge is 0.369 e. The Morgan fingerprint density at radius 3 is 2.35 bits per heavy atom. The number of anilines is 2. The number of halogens is 7. The summed E-state index contributed by atoms with van der Waals surface area (Å²) >= 11 is 6.10. The third-order valence-corrected chi connectivity index (χ3v) is 4.88. The number of aromatic nitrogens is 1. The lowest BCUT2D eigenvalue weighted by molar-refractivity contribution is -0.137.